The SMILES string of the molecule is Nc1cc(-c2ccc(Cl)cc2)c(F)cc1F. The maximum atomic E-state index is 13.5. The van der Waals surface area contributed by atoms with Crippen LogP contribution >= 0.6 is 11.6 Å². The highest BCUT2D eigenvalue weighted by molar-refractivity contribution is 6.30. The Kier molecular flexibility index (Phi) is 2.79. The van der Waals surface area contributed by atoms with E-state index in [2.05, 4.69) is 0 Å². The van der Waals surface area contributed by atoms with E-state index in [0.29, 0.717) is 10.6 Å². The van der Waals surface area contributed by atoms with E-state index in [-0.39, 0.29) is 11.3 Å². The van der Waals surface area contributed by atoms with Gasteiger partial charge in [0.05, 0.1) is 5.69 Å². The first kappa shape index (κ1) is 10.9. The summed E-state index contributed by atoms with van der Waals surface area (Å²) in [7, 11) is 0. The van der Waals surface area contributed by atoms with Crippen LogP contribution in [-0.4, -0.2) is 0 Å². The molecule has 82 valence electrons. The molecule has 2 aromatic rings. The van der Waals surface area contributed by atoms with Crippen LogP contribution in [0.2, 0.25) is 5.02 Å². The Bertz CT molecular complexity index is 523. The van der Waals surface area contributed by atoms with Crippen LogP contribution in [0.1, 0.15) is 0 Å². The van der Waals surface area contributed by atoms with Gasteiger partial charge in [0.25, 0.3) is 0 Å². The molecule has 0 radical (unpaired) electrons. The summed E-state index contributed by atoms with van der Waals surface area (Å²) in [5, 5.41) is 0.555. The van der Waals surface area contributed by atoms with Gasteiger partial charge >= 0.3 is 0 Å². The minimum atomic E-state index is -0.754. The van der Waals surface area contributed by atoms with Crippen molar-refractivity contribution in [1.29, 1.82) is 0 Å². The monoisotopic (exact) mass is 239 g/mol. The van der Waals surface area contributed by atoms with Gasteiger partial charge in [0.2, 0.25) is 0 Å². The van der Waals surface area contributed by atoms with Gasteiger partial charge < -0.3 is 5.73 Å². The molecule has 16 heavy (non-hydrogen) atoms. The number of benzene rings is 2. The van der Waals surface area contributed by atoms with Crippen molar-refractivity contribution in [3.63, 3.8) is 0 Å². The molecule has 0 fully saturated rings. The molecule has 0 saturated heterocycles. The van der Waals surface area contributed by atoms with Crippen molar-refractivity contribution in [2.24, 2.45) is 0 Å². The molecule has 2 rings (SSSR count). The second-order valence-corrected chi connectivity index (χ2v) is 3.80. The molecule has 0 amide bonds. The average Bonchev–Trinajstić information content (AvgIpc) is 2.25. The van der Waals surface area contributed by atoms with Crippen molar-refractivity contribution in [2.45, 2.75) is 0 Å². The Balaban J connectivity index is 2.56. The van der Waals surface area contributed by atoms with Crippen LogP contribution < -0.4 is 5.73 Å². The van der Waals surface area contributed by atoms with E-state index in [0.717, 1.165) is 6.07 Å². The van der Waals surface area contributed by atoms with E-state index >= 15 is 0 Å². The van der Waals surface area contributed by atoms with Crippen molar-refractivity contribution in [1.82, 2.24) is 0 Å². The predicted molar refractivity (Wildman–Crippen MR) is 61.2 cm³/mol. The molecule has 0 spiro atoms. The summed E-state index contributed by atoms with van der Waals surface area (Å²) in [4.78, 5) is 0. The first-order valence-electron chi connectivity index (χ1n) is 4.58. The number of hydrogen-bond acceptors (Lipinski definition) is 1. The fraction of sp³-hybridized carbons (Fsp3) is 0. The van der Waals surface area contributed by atoms with Gasteiger partial charge in [-0.15, -0.1) is 0 Å². The Hall–Kier alpha value is -1.61. The van der Waals surface area contributed by atoms with E-state index in [4.69, 9.17) is 17.3 Å². The lowest BCUT2D eigenvalue weighted by Crippen LogP contribution is -1.94. The highest BCUT2D eigenvalue weighted by Gasteiger charge is 2.09. The molecule has 0 saturated carbocycles. The van der Waals surface area contributed by atoms with Crippen molar-refractivity contribution in [3.8, 4) is 11.1 Å². The van der Waals surface area contributed by atoms with Gasteiger partial charge in [-0.1, -0.05) is 23.7 Å². The standard InChI is InChI=1S/C12H8ClF2N/c13-8-3-1-7(2-4-8)9-5-12(16)11(15)6-10(9)14/h1-6H,16H2. The molecule has 1 nitrogen and oxygen atoms in total. The lowest BCUT2D eigenvalue weighted by Gasteiger charge is -2.05. The molecule has 0 aromatic heterocycles. The lowest BCUT2D eigenvalue weighted by atomic mass is 10.0. The van der Waals surface area contributed by atoms with E-state index in [1.54, 1.807) is 24.3 Å². The smallest absolute Gasteiger partial charge is 0.149 e. The number of hydrogen-bond donors (Lipinski definition) is 1. The van der Waals surface area contributed by atoms with Crippen LogP contribution in [0.25, 0.3) is 11.1 Å². The largest absolute Gasteiger partial charge is 0.396 e. The zero-order valence-corrected chi connectivity index (χ0v) is 8.93. The first-order valence-corrected chi connectivity index (χ1v) is 4.96. The van der Waals surface area contributed by atoms with Gasteiger partial charge in [0, 0.05) is 16.7 Å². The Morgan fingerprint density at radius 1 is 0.938 bits per heavy atom. The lowest BCUT2D eigenvalue weighted by molar-refractivity contribution is 0.588. The molecule has 0 bridgehead atoms. The molecule has 4 heteroatoms. The number of nitrogen functional groups attached to an aromatic ring is 1. The summed E-state index contributed by atoms with van der Waals surface area (Å²) in [5.41, 5.74) is 6.18. The maximum absolute atomic E-state index is 13.5. The molecule has 0 heterocycles. The highest BCUT2D eigenvalue weighted by atomic mass is 35.5. The maximum Gasteiger partial charge on any atom is 0.149 e. The molecule has 0 atom stereocenters. The van der Waals surface area contributed by atoms with Crippen molar-refractivity contribution in [3.05, 3.63) is 53.1 Å². The molecule has 0 aliphatic rings. The van der Waals surface area contributed by atoms with Gasteiger partial charge in [-0.3, -0.25) is 0 Å². The van der Waals surface area contributed by atoms with Crippen molar-refractivity contribution in [2.75, 3.05) is 5.73 Å². The molecule has 0 aliphatic carbocycles. The van der Waals surface area contributed by atoms with Crippen LogP contribution in [0.4, 0.5) is 14.5 Å². The molecular formula is C12H8ClF2N. The zero-order valence-electron chi connectivity index (χ0n) is 8.18. The number of anilines is 1. The van der Waals surface area contributed by atoms with Crippen molar-refractivity contribution >= 4 is 17.3 Å². The van der Waals surface area contributed by atoms with E-state index in [1.165, 1.54) is 6.07 Å². The minimum Gasteiger partial charge on any atom is -0.396 e. The average molecular weight is 240 g/mol. The normalized spacial score (nSPS) is 10.4. The van der Waals surface area contributed by atoms with Crippen LogP contribution in [0, 0.1) is 11.6 Å². The van der Waals surface area contributed by atoms with Gasteiger partial charge in [-0.05, 0) is 23.8 Å². The third-order valence-corrected chi connectivity index (χ3v) is 2.49. The van der Waals surface area contributed by atoms with Crippen LogP contribution in [-0.2, 0) is 0 Å². The van der Waals surface area contributed by atoms with Gasteiger partial charge in [0.15, 0.2) is 0 Å². The Morgan fingerprint density at radius 3 is 2.19 bits per heavy atom. The molecular weight excluding hydrogens is 232 g/mol. The Morgan fingerprint density at radius 2 is 1.56 bits per heavy atom. The molecule has 2 aromatic carbocycles. The molecule has 0 unspecified atom stereocenters. The number of halogens is 3. The summed E-state index contributed by atoms with van der Waals surface area (Å²) < 4.78 is 26.4. The third-order valence-electron chi connectivity index (χ3n) is 2.24. The summed E-state index contributed by atoms with van der Waals surface area (Å²) in [6, 6.07) is 8.62. The number of nitrogens with two attached hydrogens (primary N) is 1. The van der Waals surface area contributed by atoms with Crippen LogP contribution in [0.5, 0.6) is 0 Å². The van der Waals surface area contributed by atoms with E-state index in [1.807, 2.05) is 0 Å². The van der Waals surface area contributed by atoms with Gasteiger partial charge in [0.1, 0.15) is 11.6 Å². The fourth-order valence-corrected chi connectivity index (χ4v) is 1.54. The second kappa shape index (κ2) is 4.10. The second-order valence-electron chi connectivity index (χ2n) is 3.36. The fourth-order valence-electron chi connectivity index (χ4n) is 1.42. The highest BCUT2D eigenvalue weighted by Crippen LogP contribution is 2.27. The van der Waals surface area contributed by atoms with E-state index in [9.17, 15) is 8.78 Å². The molecule has 0 aliphatic heterocycles. The predicted octanol–water partition coefficient (Wildman–Crippen LogP) is 3.87. The Labute approximate surface area is 96.5 Å². The van der Waals surface area contributed by atoms with Gasteiger partial charge in [-0.2, -0.15) is 0 Å². The topological polar surface area (TPSA) is 26.0 Å². The van der Waals surface area contributed by atoms with Crippen LogP contribution in [0.3, 0.4) is 0 Å². The van der Waals surface area contributed by atoms with Crippen LogP contribution in [0.15, 0.2) is 36.4 Å². The zero-order chi connectivity index (χ0) is 11.7. The summed E-state index contributed by atoms with van der Waals surface area (Å²) >= 11 is 5.72. The minimum absolute atomic E-state index is 0.0775. The summed E-state index contributed by atoms with van der Waals surface area (Å²) in [6.45, 7) is 0. The van der Waals surface area contributed by atoms with Crippen molar-refractivity contribution < 1.29 is 8.78 Å². The van der Waals surface area contributed by atoms with Gasteiger partial charge in [-0.25, -0.2) is 8.78 Å². The van der Waals surface area contributed by atoms with E-state index < -0.39 is 11.6 Å². The summed E-state index contributed by atoms with van der Waals surface area (Å²) in [5.74, 6) is -1.40. The molecule has 2 N–H and O–H groups in total. The summed E-state index contributed by atoms with van der Waals surface area (Å²) in [6.07, 6.45) is 0. The quantitative estimate of drug-likeness (QED) is 0.751. The first-order chi connectivity index (χ1) is 7.58. The number of rotatable bonds is 1. The third kappa shape index (κ3) is 1.99.